The van der Waals surface area contributed by atoms with Gasteiger partial charge in [-0.2, -0.15) is 0 Å². The first-order valence-electron chi connectivity index (χ1n) is 10.5. The van der Waals surface area contributed by atoms with Gasteiger partial charge in [-0.1, -0.05) is 18.9 Å². The molecule has 10 heteroatoms. The molecule has 2 aromatic rings. The Bertz CT molecular complexity index is 775. The van der Waals surface area contributed by atoms with E-state index >= 15 is 0 Å². The molecule has 3 rings (SSSR count). The summed E-state index contributed by atoms with van der Waals surface area (Å²) >= 11 is 0. The van der Waals surface area contributed by atoms with Crippen LogP contribution in [0.1, 0.15) is 31.2 Å². The van der Waals surface area contributed by atoms with Crippen LogP contribution in [-0.2, 0) is 0 Å². The number of unbranched alkanes of at least 4 members (excludes halogenated alkanes) is 3. The molecule has 0 spiro atoms. The maximum atomic E-state index is 10.0. The number of anilines is 1. The minimum Gasteiger partial charge on any atom is -0.395 e. The fraction of sp³-hybridized carbons (Fsp3) is 0.650. The van der Waals surface area contributed by atoms with E-state index in [0.29, 0.717) is 6.54 Å². The third-order valence-electron chi connectivity index (χ3n) is 5.74. The summed E-state index contributed by atoms with van der Waals surface area (Å²) in [6.07, 6.45) is 2.22. The Morgan fingerprint density at radius 3 is 2.63 bits per heavy atom. The second-order valence-corrected chi connectivity index (χ2v) is 7.89. The number of nitrogens with one attached hydrogen (secondary N) is 1. The van der Waals surface area contributed by atoms with E-state index in [-0.39, 0.29) is 13.2 Å². The second-order valence-electron chi connectivity index (χ2n) is 7.89. The van der Waals surface area contributed by atoms with Gasteiger partial charge in [0.05, 0.1) is 24.4 Å². The lowest BCUT2D eigenvalue weighted by atomic mass is 9.94. The second kappa shape index (κ2) is 10.8. The Morgan fingerprint density at radius 1 is 1.10 bits per heavy atom. The highest BCUT2D eigenvalue weighted by Gasteiger charge is 2.40. The SMILES string of the molecule is Cc1ccc(-n2cnnn2)cc1NCCCCCCN1C[C@H](O)[C@@H](O)[C@H](O)[C@H]1CO. The molecular formula is C20H32N6O4. The quantitative estimate of drug-likeness (QED) is 0.328. The Hall–Kier alpha value is -2.11. The van der Waals surface area contributed by atoms with Crippen LogP contribution in [-0.4, -0.2) is 96.1 Å². The van der Waals surface area contributed by atoms with Gasteiger partial charge in [-0.15, -0.1) is 5.10 Å². The van der Waals surface area contributed by atoms with Crippen molar-refractivity contribution in [3.63, 3.8) is 0 Å². The smallest absolute Gasteiger partial charge is 0.143 e. The van der Waals surface area contributed by atoms with E-state index in [1.54, 1.807) is 11.0 Å². The zero-order valence-electron chi connectivity index (χ0n) is 17.3. The minimum absolute atomic E-state index is 0.238. The first kappa shape index (κ1) is 22.6. The van der Waals surface area contributed by atoms with Gasteiger partial charge in [0.25, 0.3) is 0 Å². The number of piperidine rings is 1. The lowest BCUT2D eigenvalue weighted by Crippen LogP contribution is -2.62. The van der Waals surface area contributed by atoms with Crippen molar-refractivity contribution >= 4 is 5.69 Å². The molecule has 0 aliphatic carbocycles. The molecule has 0 radical (unpaired) electrons. The molecule has 0 saturated carbocycles. The number of hydrogen-bond acceptors (Lipinski definition) is 9. The average molecular weight is 421 g/mol. The number of aryl methyl sites for hydroxylation is 1. The number of β-amino-alcohol motifs (C(OH)–C–C–N with tert-alkyl or cyclic N) is 1. The van der Waals surface area contributed by atoms with Crippen molar-refractivity contribution in [2.75, 3.05) is 31.6 Å². The van der Waals surface area contributed by atoms with E-state index in [2.05, 4.69) is 27.8 Å². The zero-order chi connectivity index (χ0) is 21.5. The lowest BCUT2D eigenvalue weighted by Gasteiger charge is -2.43. The number of benzene rings is 1. The van der Waals surface area contributed by atoms with E-state index in [1.165, 1.54) is 0 Å². The van der Waals surface area contributed by atoms with Gasteiger partial charge in [0, 0.05) is 18.8 Å². The summed E-state index contributed by atoms with van der Waals surface area (Å²) in [7, 11) is 0. The lowest BCUT2D eigenvalue weighted by molar-refractivity contribution is -0.145. The molecule has 10 nitrogen and oxygen atoms in total. The molecule has 1 saturated heterocycles. The fourth-order valence-corrected chi connectivity index (χ4v) is 3.87. The minimum atomic E-state index is -1.20. The van der Waals surface area contributed by atoms with Crippen molar-refractivity contribution in [2.45, 2.75) is 57.0 Å². The van der Waals surface area contributed by atoms with Crippen molar-refractivity contribution in [3.8, 4) is 5.69 Å². The molecular weight excluding hydrogens is 388 g/mol. The Balaban J connectivity index is 1.36. The fourth-order valence-electron chi connectivity index (χ4n) is 3.87. The molecule has 1 aliphatic rings. The third-order valence-corrected chi connectivity index (χ3v) is 5.74. The largest absolute Gasteiger partial charge is 0.395 e. The van der Waals surface area contributed by atoms with Crippen LogP contribution in [0.25, 0.3) is 5.69 Å². The topological polar surface area (TPSA) is 140 Å². The highest BCUT2D eigenvalue weighted by atomic mass is 16.4. The summed E-state index contributed by atoms with van der Waals surface area (Å²) in [6.45, 7) is 3.61. The van der Waals surface area contributed by atoms with Gasteiger partial charge in [0.2, 0.25) is 0 Å². The molecule has 1 aliphatic heterocycles. The number of nitrogens with zero attached hydrogens (tertiary/aromatic N) is 5. The van der Waals surface area contributed by atoms with Gasteiger partial charge in [0.15, 0.2) is 0 Å². The maximum Gasteiger partial charge on any atom is 0.143 e. The molecule has 0 bridgehead atoms. The predicted molar refractivity (Wildman–Crippen MR) is 111 cm³/mol. The van der Waals surface area contributed by atoms with Crippen LogP contribution in [0.5, 0.6) is 0 Å². The van der Waals surface area contributed by atoms with Gasteiger partial charge in [-0.25, -0.2) is 4.68 Å². The van der Waals surface area contributed by atoms with Crippen molar-refractivity contribution in [1.29, 1.82) is 0 Å². The van der Waals surface area contributed by atoms with Gasteiger partial charge in [0.1, 0.15) is 18.5 Å². The number of aliphatic hydroxyl groups excluding tert-OH is 4. The summed E-state index contributed by atoms with van der Waals surface area (Å²) in [5.74, 6) is 0. The van der Waals surface area contributed by atoms with Gasteiger partial charge >= 0.3 is 0 Å². The van der Waals surface area contributed by atoms with Crippen LogP contribution in [0.3, 0.4) is 0 Å². The number of tetrazole rings is 1. The van der Waals surface area contributed by atoms with E-state index in [9.17, 15) is 20.4 Å². The Morgan fingerprint density at radius 2 is 1.90 bits per heavy atom. The van der Waals surface area contributed by atoms with Gasteiger partial charge in [-0.05, 0) is 54.4 Å². The van der Waals surface area contributed by atoms with E-state index in [4.69, 9.17) is 0 Å². The standard InChI is InChI=1S/C20H32N6O4/c1-14-6-7-15(26-13-22-23-24-26)10-16(14)21-8-4-2-3-5-9-25-11-18(28)20(30)19(29)17(25)12-27/h6-7,10,13,17-21,27-30H,2-5,8-9,11-12H2,1H3/t17-,18+,19-,20-/m1/s1. The van der Waals surface area contributed by atoms with Gasteiger partial charge in [-0.3, -0.25) is 4.90 Å². The first-order chi connectivity index (χ1) is 14.5. The van der Waals surface area contributed by atoms with Crippen molar-refractivity contribution < 1.29 is 20.4 Å². The summed E-state index contributed by atoms with van der Waals surface area (Å²) in [5, 5.41) is 53.9. The highest BCUT2D eigenvalue weighted by Crippen LogP contribution is 2.21. The van der Waals surface area contributed by atoms with Crippen LogP contribution in [0.15, 0.2) is 24.5 Å². The molecule has 5 N–H and O–H groups in total. The third kappa shape index (κ3) is 5.52. The highest BCUT2D eigenvalue weighted by molar-refractivity contribution is 5.56. The molecule has 2 heterocycles. The summed E-state index contributed by atoms with van der Waals surface area (Å²) in [6, 6.07) is 5.52. The summed E-state index contributed by atoms with van der Waals surface area (Å²) in [5.41, 5.74) is 3.12. The Labute approximate surface area is 176 Å². The van der Waals surface area contributed by atoms with Crippen LogP contribution < -0.4 is 5.32 Å². The molecule has 0 unspecified atom stereocenters. The molecule has 0 amide bonds. The van der Waals surface area contributed by atoms with Crippen LogP contribution in [0.4, 0.5) is 5.69 Å². The van der Waals surface area contributed by atoms with Crippen LogP contribution in [0.2, 0.25) is 0 Å². The molecule has 1 aromatic carbocycles. The Kier molecular flexibility index (Phi) is 8.11. The van der Waals surface area contributed by atoms with Crippen molar-refractivity contribution in [1.82, 2.24) is 25.1 Å². The number of aromatic nitrogens is 4. The summed E-state index contributed by atoms with van der Waals surface area (Å²) < 4.78 is 1.62. The number of likely N-dealkylation sites (tertiary alicyclic amines) is 1. The van der Waals surface area contributed by atoms with Crippen molar-refractivity contribution in [3.05, 3.63) is 30.1 Å². The first-order valence-corrected chi connectivity index (χ1v) is 10.5. The molecule has 1 aromatic heterocycles. The zero-order valence-corrected chi connectivity index (χ0v) is 17.3. The van der Waals surface area contributed by atoms with Crippen LogP contribution in [0, 0.1) is 6.92 Å². The molecule has 1 fully saturated rings. The molecule has 166 valence electrons. The predicted octanol–water partition coefficient (Wildman–Crippen LogP) is -0.298. The normalized spacial score (nSPS) is 24.8. The number of hydrogen-bond donors (Lipinski definition) is 5. The number of rotatable bonds is 10. The van der Waals surface area contributed by atoms with E-state index in [1.807, 2.05) is 23.1 Å². The molecule has 4 atom stereocenters. The monoisotopic (exact) mass is 420 g/mol. The molecule has 30 heavy (non-hydrogen) atoms. The average Bonchev–Trinajstić information content (AvgIpc) is 3.27. The van der Waals surface area contributed by atoms with Crippen molar-refractivity contribution in [2.24, 2.45) is 0 Å². The van der Waals surface area contributed by atoms with Gasteiger partial charge < -0.3 is 25.7 Å². The maximum absolute atomic E-state index is 10.0. The number of aliphatic hydroxyl groups is 4. The van der Waals surface area contributed by atoms with E-state index < -0.39 is 24.4 Å². The van der Waals surface area contributed by atoms with E-state index in [0.717, 1.165) is 49.2 Å². The van der Waals surface area contributed by atoms with Crippen LogP contribution >= 0.6 is 0 Å². The summed E-state index contributed by atoms with van der Waals surface area (Å²) in [4.78, 5) is 1.87.